The number of aliphatic carboxylic acids is 1. The Balaban J connectivity index is 2.23. The van der Waals surface area contributed by atoms with Gasteiger partial charge in [0, 0.05) is 6.08 Å². The molecule has 0 atom stereocenters. The van der Waals surface area contributed by atoms with Gasteiger partial charge in [0.1, 0.15) is 0 Å². The Morgan fingerprint density at radius 3 is 2.50 bits per heavy atom. The third-order valence-electron chi connectivity index (χ3n) is 3.88. The molecule has 0 spiro atoms. The highest BCUT2D eigenvalue weighted by Gasteiger charge is 2.19. The van der Waals surface area contributed by atoms with Crippen LogP contribution in [0.5, 0.6) is 0 Å². The topological polar surface area (TPSA) is 49.3 Å². The minimum atomic E-state index is -0.851. The number of aryl methyl sites for hydroxylation is 1. The summed E-state index contributed by atoms with van der Waals surface area (Å²) >= 11 is 0. The van der Waals surface area contributed by atoms with Crippen molar-refractivity contribution in [1.82, 2.24) is 5.32 Å². The fourth-order valence-electron chi connectivity index (χ4n) is 2.86. The molecule has 1 fully saturated rings. The molecular formula is C17H23NO2. The van der Waals surface area contributed by atoms with Gasteiger partial charge in [-0.3, -0.25) is 0 Å². The second kappa shape index (κ2) is 7.25. The zero-order valence-corrected chi connectivity index (χ0v) is 12.1. The maximum atomic E-state index is 11.1. The Morgan fingerprint density at radius 2 is 1.95 bits per heavy atom. The van der Waals surface area contributed by atoms with Gasteiger partial charge in [0.15, 0.2) is 0 Å². The number of benzene rings is 1. The van der Waals surface area contributed by atoms with E-state index in [0.29, 0.717) is 5.92 Å². The number of carboxylic acids is 1. The molecule has 0 unspecified atom stereocenters. The molecule has 1 aromatic carbocycles. The molecule has 1 aliphatic rings. The fraction of sp³-hybridized carbons (Fsp3) is 0.471. The lowest BCUT2D eigenvalue weighted by atomic mass is 9.85. The predicted molar refractivity (Wildman–Crippen MR) is 81.6 cm³/mol. The summed E-state index contributed by atoms with van der Waals surface area (Å²) in [5.41, 5.74) is 3.34. The van der Waals surface area contributed by atoms with Crippen LogP contribution in [0, 0.1) is 5.92 Å². The molecule has 0 saturated carbocycles. The van der Waals surface area contributed by atoms with Gasteiger partial charge in [0.25, 0.3) is 0 Å². The lowest BCUT2D eigenvalue weighted by Gasteiger charge is -2.25. The van der Waals surface area contributed by atoms with Gasteiger partial charge in [0.2, 0.25) is 0 Å². The largest absolute Gasteiger partial charge is 0.478 e. The summed E-state index contributed by atoms with van der Waals surface area (Å²) in [6.07, 6.45) is 5.62. The Labute approximate surface area is 120 Å². The van der Waals surface area contributed by atoms with E-state index in [9.17, 15) is 4.79 Å². The Kier molecular flexibility index (Phi) is 5.36. The zero-order chi connectivity index (χ0) is 14.4. The smallest absolute Gasteiger partial charge is 0.328 e. The number of carbonyl (C=O) groups is 1. The van der Waals surface area contributed by atoms with E-state index in [-0.39, 0.29) is 0 Å². The van der Waals surface area contributed by atoms with Gasteiger partial charge in [-0.2, -0.15) is 0 Å². The van der Waals surface area contributed by atoms with Gasteiger partial charge in [-0.15, -0.1) is 0 Å². The van der Waals surface area contributed by atoms with Gasteiger partial charge in [-0.1, -0.05) is 37.6 Å². The summed E-state index contributed by atoms with van der Waals surface area (Å²) in [7, 11) is 0. The van der Waals surface area contributed by atoms with Crippen molar-refractivity contribution < 1.29 is 9.90 Å². The maximum Gasteiger partial charge on any atom is 0.328 e. The lowest BCUT2D eigenvalue weighted by Crippen LogP contribution is -2.28. The molecule has 0 aromatic heterocycles. The predicted octanol–water partition coefficient (Wildman–Crippen LogP) is 3.11. The van der Waals surface area contributed by atoms with Crippen molar-refractivity contribution in [1.29, 1.82) is 0 Å². The molecular weight excluding hydrogens is 250 g/mol. The van der Waals surface area contributed by atoms with Gasteiger partial charge in [0.05, 0.1) is 0 Å². The minimum Gasteiger partial charge on any atom is -0.478 e. The minimum absolute atomic E-state index is 0.351. The van der Waals surface area contributed by atoms with Gasteiger partial charge in [-0.25, -0.2) is 4.79 Å². The van der Waals surface area contributed by atoms with Crippen LogP contribution in [-0.4, -0.2) is 24.2 Å². The molecule has 1 heterocycles. The van der Waals surface area contributed by atoms with Crippen LogP contribution in [0.2, 0.25) is 0 Å². The van der Waals surface area contributed by atoms with Crippen molar-refractivity contribution in [2.24, 2.45) is 5.92 Å². The summed E-state index contributed by atoms with van der Waals surface area (Å²) in [5.74, 6) is -0.499. The van der Waals surface area contributed by atoms with Gasteiger partial charge < -0.3 is 10.4 Å². The summed E-state index contributed by atoms with van der Waals surface area (Å²) < 4.78 is 0. The van der Waals surface area contributed by atoms with Gasteiger partial charge >= 0.3 is 5.97 Å². The van der Waals surface area contributed by atoms with Crippen molar-refractivity contribution in [3.8, 4) is 0 Å². The van der Waals surface area contributed by atoms with Crippen molar-refractivity contribution in [2.75, 3.05) is 13.1 Å². The molecule has 1 aromatic rings. The molecule has 1 saturated heterocycles. The third-order valence-corrected chi connectivity index (χ3v) is 3.88. The van der Waals surface area contributed by atoms with Crippen LogP contribution in [0.3, 0.4) is 0 Å². The monoisotopic (exact) mass is 273 g/mol. The molecule has 3 nitrogen and oxygen atoms in total. The number of hydrogen-bond donors (Lipinski definition) is 2. The lowest BCUT2D eigenvalue weighted by molar-refractivity contribution is -0.131. The molecule has 2 N–H and O–H groups in total. The van der Waals surface area contributed by atoms with E-state index >= 15 is 0 Å². The Morgan fingerprint density at radius 1 is 1.30 bits per heavy atom. The zero-order valence-electron chi connectivity index (χ0n) is 12.1. The molecule has 20 heavy (non-hydrogen) atoms. The highest BCUT2D eigenvalue weighted by atomic mass is 16.4. The average Bonchev–Trinajstić information content (AvgIpc) is 2.47. The fourth-order valence-corrected chi connectivity index (χ4v) is 2.86. The first kappa shape index (κ1) is 14.8. The van der Waals surface area contributed by atoms with Crippen LogP contribution in [0.1, 0.15) is 37.3 Å². The average molecular weight is 273 g/mol. The van der Waals surface area contributed by atoms with E-state index in [1.807, 2.05) is 0 Å². The number of rotatable bonds is 5. The first-order valence-corrected chi connectivity index (χ1v) is 7.45. The first-order valence-electron chi connectivity index (χ1n) is 7.45. The number of nitrogens with one attached hydrogen (secondary N) is 1. The van der Waals surface area contributed by atoms with E-state index in [4.69, 9.17) is 5.11 Å². The highest BCUT2D eigenvalue weighted by Crippen LogP contribution is 2.30. The van der Waals surface area contributed by atoms with Crippen molar-refractivity contribution in [3.05, 3.63) is 41.5 Å². The molecule has 0 radical (unpaired) electrons. The van der Waals surface area contributed by atoms with Crippen molar-refractivity contribution >= 4 is 11.5 Å². The van der Waals surface area contributed by atoms with Crippen LogP contribution >= 0.6 is 0 Å². The first-order chi connectivity index (χ1) is 9.70. The van der Waals surface area contributed by atoms with E-state index in [1.54, 1.807) is 0 Å². The van der Waals surface area contributed by atoms with E-state index < -0.39 is 5.97 Å². The van der Waals surface area contributed by atoms with E-state index in [2.05, 4.69) is 36.5 Å². The SMILES string of the molecule is CCCc1ccc(/C(=C/C(=O)O)C2CCNCC2)cc1. The van der Waals surface area contributed by atoms with Crippen LogP contribution in [0.25, 0.3) is 5.57 Å². The van der Waals surface area contributed by atoms with Crippen molar-refractivity contribution in [2.45, 2.75) is 32.6 Å². The summed E-state index contributed by atoms with van der Waals surface area (Å²) in [4.78, 5) is 11.1. The molecule has 2 rings (SSSR count). The standard InChI is InChI=1S/C17H23NO2/c1-2-3-13-4-6-14(7-5-13)16(12-17(19)20)15-8-10-18-11-9-15/h4-7,12,15,18H,2-3,8-11H2,1H3,(H,19,20)/b16-12-. The number of hydrogen-bond acceptors (Lipinski definition) is 2. The number of piperidine rings is 1. The Bertz CT molecular complexity index is 470. The molecule has 0 amide bonds. The molecule has 0 bridgehead atoms. The second-order valence-electron chi connectivity index (χ2n) is 5.41. The summed E-state index contributed by atoms with van der Waals surface area (Å²) in [6, 6.07) is 8.38. The normalized spacial score (nSPS) is 17.1. The third kappa shape index (κ3) is 3.94. The number of allylic oxidation sites excluding steroid dienone is 1. The highest BCUT2D eigenvalue weighted by molar-refractivity contribution is 5.90. The Hall–Kier alpha value is -1.61. The van der Waals surface area contributed by atoms with E-state index in [1.165, 1.54) is 11.6 Å². The quantitative estimate of drug-likeness (QED) is 0.810. The van der Waals surface area contributed by atoms with E-state index in [0.717, 1.165) is 49.9 Å². The molecule has 3 heteroatoms. The van der Waals surface area contributed by atoms with Crippen molar-refractivity contribution in [3.63, 3.8) is 0 Å². The number of carboxylic acid groups (broad SMARTS) is 1. The second-order valence-corrected chi connectivity index (χ2v) is 5.41. The molecule has 1 aliphatic heterocycles. The summed E-state index contributed by atoms with van der Waals surface area (Å²) in [6.45, 7) is 4.10. The molecule has 0 aliphatic carbocycles. The van der Waals surface area contributed by atoms with Crippen LogP contribution < -0.4 is 5.32 Å². The maximum absolute atomic E-state index is 11.1. The van der Waals surface area contributed by atoms with Gasteiger partial charge in [-0.05, 0) is 55.0 Å². The van der Waals surface area contributed by atoms with Crippen LogP contribution in [-0.2, 0) is 11.2 Å². The molecule has 108 valence electrons. The van der Waals surface area contributed by atoms with Crippen LogP contribution in [0.4, 0.5) is 0 Å². The summed E-state index contributed by atoms with van der Waals surface area (Å²) in [5, 5.41) is 12.4. The van der Waals surface area contributed by atoms with Crippen LogP contribution in [0.15, 0.2) is 30.3 Å².